The molecule has 402 valence electrons. The Labute approximate surface area is 422 Å². The molecule has 9 nitrogen and oxygen atoms in total. The largest absolute Gasteiger partial charge is 0.756 e. The summed E-state index contributed by atoms with van der Waals surface area (Å²) in [4.78, 5) is 39.8. The number of ether oxygens (including phenoxy) is 1. The molecular weight excluding hydrogens is 868 g/mol. The standard InChI is InChI=1S/C58H113N2O7P/c1-7-10-13-16-19-22-25-28-29-30-33-35-38-41-44-47-50-57(61)59-55(54-66-68(63,64)65-53-52-60(4,5)6)56(49-46-43-40-37-34-31-26-23-20-17-14-11-8-2)67-58(62)51-48-45-42-39-36-32-27-24-21-18-15-12-9-3/h32,36,46,49,55-56H,7-31,33-35,37-45,47-48,50-54H2,1-6H3,(H-,59,61,63,64)/b36-32-,49-46+. The average molecular weight is 982 g/mol. The van der Waals surface area contributed by atoms with Crippen molar-refractivity contribution < 1.29 is 37.3 Å². The fraction of sp³-hybridized carbons (Fsp3) is 0.897. The Hall–Kier alpha value is -1.51. The maximum atomic E-state index is 13.5. The van der Waals surface area contributed by atoms with Crippen molar-refractivity contribution in [2.45, 2.75) is 296 Å². The van der Waals surface area contributed by atoms with E-state index in [0.29, 0.717) is 23.9 Å². The minimum atomic E-state index is -4.69. The molecule has 0 aromatic rings. The smallest absolute Gasteiger partial charge is 0.306 e. The molecule has 0 aliphatic carbocycles. The Morgan fingerprint density at radius 2 is 0.853 bits per heavy atom. The van der Waals surface area contributed by atoms with Gasteiger partial charge in [0.2, 0.25) is 5.91 Å². The molecule has 10 heteroatoms. The number of nitrogens with one attached hydrogen (secondary N) is 1. The summed E-state index contributed by atoms with van der Waals surface area (Å²) in [6.45, 7) is 6.85. The summed E-state index contributed by atoms with van der Waals surface area (Å²) >= 11 is 0. The number of carbonyl (C=O) groups excluding carboxylic acids is 2. The molecule has 0 radical (unpaired) electrons. The lowest BCUT2D eigenvalue weighted by Gasteiger charge is -2.30. The van der Waals surface area contributed by atoms with Gasteiger partial charge < -0.3 is 28.5 Å². The van der Waals surface area contributed by atoms with Crippen LogP contribution in [0.2, 0.25) is 0 Å². The number of hydrogen-bond acceptors (Lipinski definition) is 7. The first-order valence-corrected chi connectivity index (χ1v) is 30.6. The highest BCUT2D eigenvalue weighted by molar-refractivity contribution is 7.45. The molecule has 0 rings (SSSR count). The van der Waals surface area contributed by atoms with E-state index in [2.05, 4.69) is 38.2 Å². The van der Waals surface area contributed by atoms with Crippen LogP contribution in [-0.4, -0.2) is 69.4 Å². The molecule has 3 atom stereocenters. The summed E-state index contributed by atoms with van der Waals surface area (Å²) in [5, 5.41) is 3.02. The van der Waals surface area contributed by atoms with Crippen LogP contribution in [0.4, 0.5) is 0 Å². The SMILES string of the molecule is CCCCCCCC/C=C\CCCCCC(=O)OC(/C=C/CCCCCCCCCCCCC)C(COP(=O)([O-])OCC[N+](C)(C)C)NC(=O)CCCCCCCCCCCCCCCCCC. The first kappa shape index (κ1) is 66.5. The van der Waals surface area contributed by atoms with E-state index >= 15 is 0 Å². The third-order valence-corrected chi connectivity index (χ3v) is 14.1. The third kappa shape index (κ3) is 49.5. The summed E-state index contributed by atoms with van der Waals surface area (Å²) in [6.07, 6.45) is 55.6. The van der Waals surface area contributed by atoms with Crippen molar-refractivity contribution in [2.24, 2.45) is 0 Å². The number of quaternary nitrogens is 1. The molecule has 0 aromatic heterocycles. The van der Waals surface area contributed by atoms with Gasteiger partial charge in [-0.1, -0.05) is 238 Å². The zero-order chi connectivity index (χ0) is 50.1. The predicted molar refractivity (Wildman–Crippen MR) is 289 cm³/mol. The van der Waals surface area contributed by atoms with Crippen molar-refractivity contribution in [1.29, 1.82) is 0 Å². The number of nitrogens with zero attached hydrogens (tertiary/aromatic N) is 1. The highest BCUT2D eigenvalue weighted by Crippen LogP contribution is 2.38. The number of carbonyl (C=O) groups is 2. The van der Waals surface area contributed by atoms with Gasteiger partial charge in [-0.25, -0.2) is 0 Å². The first-order valence-electron chi connectivity index (χ1n) is 29.1. The van der Waals surface area contributed by atoms with Gasteiger partial charge in [0.25, 0.3) is 7.82 Å². The molecule has 0 heterocycles. The van der Waals surface area contributed by atoms with Crippen LogP contribution in [0.25, 0.3) is 0 Å². The number of allylic oxidation sites excluding steroid dienone is 3. The molecule has 0 aliphatic rings. The molecule has 0 fully saturated rings. The molecule has 0 saturated heterocycles. The highest BCUT2D eigenvalue weighted by atomic mass is 31.2. The lowest BCUT2D eigenvalue weighted by molar-refractivity contribution is -0.870. The Morgan fingerprint density at radius 3 is 1.26 bits per heavy atom. The minimum absolute atomic E-state index is 0.0211. The van der Waals surface area contributed by atoms with Gasteiger partial charge >= 0.3 is 5.97 Å². The monoisotopic (exact) mass is 981 g/mol. The van der Waals surface area contributed by atoms with Crippen molar-refractivity contribution in [3.05, 3.63) is 24.3 Å². The van der Waals surface area contributed by atoms with E-state index in [1.807, 2.05) is 33.3 Å². The Morgan fingerprint density at radius 1 is 0.500 bits per heavy atom. The number of amides is 1. The highest BCUT2D eigenvalue weighted by Gasteiger charge is 2.27. The number of phosphoric ester groups is 1. The van der Waals surface area contributed by atoms with E-state index in [4.69, 9.17) is 13.8 Å². The van der Waals surface area contributed by atoms with Gasteiger partial charge in [0.1, 0.15) is 19.3 Å². The molecule has 68 heavy (non-hydrogen) atoms. The normalized spacial score (nSPS) is 13.9. The van der Waals surface area contributed by atoms with Crippen molar-refractivity contribution in [3.63, 3.8) is 0 Å². The Kier molecular flexibility index (Phi) is 48.0. The van der Waals surface area contributed by atoms with E-state index in [1.54, 1.807) is 0 Å². The molecular formula is C58H113N2O7P. The van der Waals surface area contributed by atoms with Crippen molar-refractivity contribution in [3.8, 4) is 0 Å². The minimum Gasteiger partial charge on any atom is -0.756 e. The van der Waals surface area contributed by atoms with Crippen LogP contribution in [-0.2, 0) is 27.9 Å². The molecule has 1 N–H and O–H groups in total. The lowest BCUT2D eigenvalue weighted by atomic mass is 10.0. The maximum absolute atomic E-state index is 13.5. The second kappa shape index (κ2) is 49.1. The topological polar surface area (TPSA) is 114 Å². The molecule has 0 bridgehead atoms. The van der Waals surface area contributed by atoms with E-state index in [9.17, 15) is 19.0 Å². The summed E-state index contributed by atoms with van der Waals surface area (Å²) in [7, 11) is 1.19. The van der Waals surface area contributed by atoms with Crippen LogP contribution < -0.4 is 10.2 Å². The summed E-state index contributed by atoms with van der Waals surface area (Å²) in [6, 6.07) is -0.887. The second-order valence-electron chi connectivity index (χ2n) is 21.2. The van der Waals surface area contributed by atoms with Crippen molar-refractivity contribution >= 4 is 19.7 Å². The van der Waals surface area contributed by atoms with Gasteiger partial charge in [-0.3, -0.25) is 14.2 Å². The van der Waals surface area contributed by atoms with E-state index in [-0.39, 0.29) is 31.5 Å². The molecule has 1 amide bonds. The second-order valence-corrected chi connectivity index (χ2v) is 22.6. The Balaban J connectivity index is 5.35. The van der Waals surface area contributed by atoms with Crippen LogP contribution in [0.5, 0.6) is 0 Å². The van der Waals surface area contributed by atoms with Crippen molar-refractivity contribution in [1.82, 2.24) is 5.32 Å². The van der Waals surface area contributed by atoms with Crippen molar-refractivity contribution in [2.75, 3.05) is 40.9 Å². The number of hydrogen-bond donors (Lipinski definition) is 1. The van der Waals surface area contributed by atoms with Gasteiger partial charge in [-0.15, -0.1) is 0 Å². The van der Waals surface area contributed by atoms with Crippen LogP contribution in [0.1, 0.15) is 284 Å². The maximum Gasteiger partial charge on any atom is 0.306 e. The molecule has 0 aromatic carbocycles. The summed E-state index contributed by atoms with van der Waals surface area (Å²) < 4.78 is 30.2. The fourth-order valence-corrected chi connectivity index (χ4v) is 9.30. The molecule has 0 aliphatic heterocycles. The van der Waals surface area contributed by atoms with Gasteiger partial charge in [0, 0.05) is 12.8 Å². The zero-order valence-electron chi connectivity index (χ0n) is 45.8. The quantitative estimate of drug-likeness (QED) is 0.0212. The predicted octanol–water partition coefficient (Wildman–Crippen LogP) is 16.8. The average Bonchev–Trinajstić information content (AvgIpc) is 3.29. The van der Waals surface area contributed by atoms with E-state index in [0.717, 1.165) is 64.2 Å². The van der Waals surface area contributed by atoms with Crippen LogP contribution in [0, 0.1) is 0 Å². The Bertz CT molecular complexity index is 1220. The van der Waals surface area contributed by atoms with Gasteiger partial charge in [-0.2, -0.15) is 0 Å². The molecule has 0 spiro atoms. The van der Waals surface area contributed by atoms with E-state index < -0.39 is 20.0 Å². The number of phosphoric acid groups is 1. The molecule has 0 saturated carbocycles. The van der Waals surface area contributed by atoms with E-state index in [1.165, 1.54) is 180 Å². The number of unbranched alkanes of at least 4 members (excludes halogenated alkanes) is 35. The van der Waals surface area contributed by atoms with Gasteiger partial charge in [0.05, 0.1) is 33.8 Å². The number of likely N-dealkylation sites (N-methyl/N-ethyl adjacent to an activating group) is 1. The number of rotatable bonds is 53. The number of esters is 1. The summed E-state index contributed by atoms with van der Waals surface area (Å²) in [5.41, 5.74) is 0. The molecule has 3 unspecified atom stereocenters. The lowest BCUT2D eigenvalue weighted by Crippen LogP contribution is -2.47. The van der Waals surface area contributed by atoms with Crippen LogP contribution in [0.3, 0.4) is 0 Å². The van der Waals surface area contributed by atoms with Crippen LogP contribution in [0.15, 0.2) is 24.3 Å². The zero-order valence-corrected chi connectivity index (χ0v) is 46.7. The van der Waals surface area contributed by atoms with Gasteiger partial charge in [-0.05, 0) is 57.4 Å². The third-order valence-electron chi connectivity index (χ3n) is 13.1. The fourth-order valence-electron chi connectivity index (χ4n) is 8.58. The van der Waals surface area contributed by atoms with Crippen LogP contribution >= 0.6 is 7.82 Å². The first-order chi connectivity index (χ1) is 32.9. The summed E-state index contributed by atoms with van der Waals surface area (Å²) in [5.74, 6) is -0.547. The van der Waals surface area contributed by atoms with Gasteiger partial charge in [0.15, 0.2) is 0 Å².